The van der Waals surface area contributed by atoms with Gasteiger partial charge in [-0.25, -0.2) is 4.39 Å². The number of halogens is 2. The second-order valence-electron chi connectivity index (χ2n) is 5.27. The third-order valence-electron chi connectivity index (χ3n) is 3.83. The highest BCUT2D eigenvalue weighted by Crippen LogP contribution is 2.21. The van der Waals surface area contributed by atoms with E-state index in [4.69, 9.17) is 0 Å². The second-order valence-corrected chi connectivity index (χ2v) is 6.18. The predicted molar refractivity (Wildman–Crippen MR) is 88.7 cm³/mol. The Kier molecular flexibility index (Phi) is 4.43. The summed E-state index contributed by atoms with van der Waals surface area (Å²) in [4.78, 5) is 16.5. The fraction of sp³-hybridized carbons (Fsp3) is 0.235. The smallest absolute Gasteiger partial charge is 0.253 e. The molecule has 2 aromatic carbocycles. The molecular weight excluding hydrogens is 347 g/mol. The molecule has 1 saturated heterocycles. The van der Waals surface area contributed by atoms with E-state index in [1.54, 1.807) is 12.1 Å². The molecule has 114 valence electrons. The van der Waals surface area contributed by atoms with Crippen LogP contribution in [0.1, 0.15) is 10.4 Å². The van der Waals surface area contributed by atoms with E-state index in [1.807, 2.05) is 17.0 Å². The number of benzene rings is 2. The van der Waals surface area contributed by atoms with Crippen LogP contribution in [0, 0.1) is 5.82 Å². The maximum atomic E-state index is 12.9. The van der Waals surface area contributed by atoms with E-state index >= 15 is 0 Å². The molecule has 0 aliphatic carbocycles. The van der Waals surface area contributed by atoms with Crippen LogP contribution in [0.2, 0.25) is 0 Å². The van der Waals surface area contributed by atoms with Crippen molar-refractivity contribution in [3.63, 3.8) is 0 Å². The van der Waals surface area contributed by atoms with Crippen LogP contribution in [0.15, 0.2) is 53.0 Å². The summed E-state index contributed by atoms with van der Waals surface area (Å²) in [6, 6.07) is 13.9. The first-order valence-electron chi connectivity index (χ1n) is 7.19. The van der Waals surface area contributed by atoms with Crippen molar-refractivity contribution in [2.24, 2.45) is 0 Å². The number of nitrogens with zero attached hydrogens (tertiary/aromatic N) is 2. The molecule has 0 unspecified atom stereocenters. The molecule has 1 amide bonds. The quantitative estimate of drug-likeness (QED) is 0.815. The summed E-state index contributed by atoms with van der Waals surface area (Å²) in [5.41, 5.74) is 1.69. The van der Waals surface area contributed by atoms with Gasteiger partial charge in [0.05, 0.1) is 0 Å². The molecule has 5 heteroatoms. The molecule has 2 aromatic rings. The number of rotatable bonds is 2. The van der Waals surface area contributed by atoms with Gasteiger partial charge in [-0.1, -0.05) is 22.0 Å². The van der Waals surface area contributed by atoms with Gasteiger partial charge in [0.2, 0.25) is 0 Å². The highest BCUT2D eigenvalue weighted by atomic mass is 79.9. The summed E-state index contributed by atoms with van der Waals surface area (Å²) in [7, 11) is 0. The summed E-state index contributed by atoms with van der Waals surface area (Å²) >= 11 is 3.48. The standard InChI is InChI=1S/C17H16BrFN2O/c18-14-2-1-3-16(12-14)20-8-10-21(11-9-20)17(22)13-4-6-15(19)7-5-13/h1-7,12H,8-11H2. The Bertz CT molecular complexity index is 667. The maximum absolute atomic E-state index is 12.9. The molecule has 0 atom stereocenters. The molecular formula is C17H16BrFN2O. The van der Waals surface area contributed by atoms with E-state index < -0.39 is 0 Å². The van der Waals surface area contributed by atoms with Crippen molar-refractivity contribution < 1.29 is 9.18 Å². The van der Waals surface area contributed by atoms with Gasteiger partial charge in [-0.2, -0.15) is 0 Å². The van der Waals surface area contributed by atoms with Crippen LogP contribution in [0.5, 0.6) is 0 Å². The lowest BCUT2D eigenvalue weighted by Crippen LogP contribution is -2.48. The van der Waals surface area contributed by atoms with E-state index in [-0.39, 0.29) is 11.7 Å². The van der Waals surface area contributed by atoms with E-state index in [1.165, 1.54) is 12.1 Å². The van der Waals surface area contributed by atoms with E-state index in [0.29, 0.717) is 18.7 Å². The molecule has 0 saturated carbocycles. The van der Waals surface area contributed by atoms with Crippen molar-refractivity contribution in [3.05, 3.63) is 64.4 Å². The normalized spacial score (nSPS) is 15.0. The minimum atomic E-state index is -0.323. The van der Waals surface area contributed by atoms with Gasteiger partial charge in [0, 0.05) is 41.9 Å². The SMILES string of the molecule is O=C(c1ccc(F)cc1)N1CCN(c2cccc(Br)c2)CC1. The fourth-order valence-electron chi connectivity index (χ4n) is 2.62. The van der Waals surface area contributed by atoms with Crippen molar-refractivity contribution >= 4 is 27.5 Å². The monoisotopic (exact) mass is 362 g/mol. The maximum Gasteiger partial charge on any atom is 0.253 e. The first-order valence-corrected chi connectivity index (χ1v) is 7.98. The second kappa shape index (κ2) is 6.48. The summed E-state index contributed by atoms with van der Waals surface area (Å²) in [6.07, 6.45) is 0. The average molecular weight is 363 g/mol. The van der Waals surface area contributed by atoms with Gasteiger partial charge in [0.25, 0.3) is 5.91 Å². The number of carbonyl (C=O) groups excluding carboxylic acids is 1. The molecule has 1 aliphatic rings. The molecule has 0 N–H and O–H groups in total. The molecule has 1 fully saturated rings. The first kappa shape index (κ1) is 15.0. The summed E-state index contributed by atoms with van der Waals surface area (Å²) in [6.45, 7) is 2.93. The largest absolute Gasteiger partial charge is 0.368 e. The Morgan fingerprint density at radius 1 is 1.00 bits per heavy atom. The Morgan fingerprint density at radius 3 is 2.32 bits per heavy atom. The molecule has 1 aliphatic heterocycles. The molecule has 0 bridgehead atoms. The zero-order valence-electron chi connectivity index (χ0n) is 12.0. The van der Waals surface area contributed by atoms with Crippen LogP contribution < -0.4 is 4.90 Å². The van der Waals surface area contributed by atoms with E-state index in [0.717, 1.165) is 23.2 Å². The van der Waals surface area contributed by atoms with Crippen LogP contribution in [0.25, 0.3) is 0 Å². The minimum Gasteiger partial charge on any atom is -0.368 e. The minimum absolute atomic E-state index is 0.0334. The van der Waals surface area contributed by atoms with Gasteiger partial charge in [-0.15, -0.1) is 0 Å². The van der Waals surface area contributed by atoms with E-state index in [9.17, 15) is 9.18 Å². The molecule has 3 nitrogen and oxygen atoms in total. The van der Waals surface area contributed by atoms with Crippen molar-refractivity contribution in [2.45, 2.75) is 0 Å². The zero-order chi connectivity index (χ0) is 15.5. The number of piperazine rings is 1. The number of amides is 1. The van der Waals surface area contributed by atoms with Gasteiger partial charge in [0.15, 0.2) is 0 Å². The predicted octanol–water partition coefficient (Wildman–Crippen LogP) is 3.55. The lowest BCUT2D eigenvalue weighted by Gasteiger charge is -2.36. The van der Waals surface area contributed by atoms with Gasteiger partial charge < -0.3 is 9.80 Å². The Balaban J connectivity index is 1.64. The number of carbonyl (C=O) groups is 1. The van der Waals surface area contributed by atoms with Crippen LogP contribution in [-0.2, 0) is 0 Å². The summed E-state index contributed by atoms with van der Waals surface area (Å²) < 4.78 is 14.0. The Hall–Kier alpha value is -1.88. The average Bonchev–Trinajstić information content (AvgIpc) is 2.55. The lowest BCUT2D eigenvalue weighted by molar-refractivity contribution is 0.0746. The third kappa shape index (κ3) is 3.30. The number of hydrogen-bond donors (Lipinski definition) is 0. The Labute approximate surface area is 137 Å². The van der Waals surface area contributed by atoms with Crippen molar-refractivity contribution in [1.29, 1.82) is 0 Å². The summed E-state index contributed by atoms with van der Waals surface area (Å²) in [5.74, 6) is -0.357. The molecule has 0 spiro atoms. The molecule has 22 heavy (non-hydrogen) atoms. The fourth-order valence-corrected chi connectivity index (χ4v) is 3.00. The zero-order valence-corrected chi connectivity index (χ0v) is 13.6. The Morgan fingerprint density at radius 2 is 1.68 bits per heavy atom. The van der Waals surface area contributed by atoms with Gasteiger partial charge in [0.1, 0.15) is 5.82 Å². The van der Waals surface area contributed by atoms with E-state index in [2.05, 4.69) is 33.0 Å². The first-order chi connectivity index (χ1) is 10.6. The highest BCUT2D eigenvalue weighted by molar-refractivity contribution is 9.10. The van der Waals surface area contributed by atoms with Crippen molar-refractivity contribution in [1.82, 2.24) is 4.90 Å². The molecule has 3 rings (SSSR count). The molecule has 0 radical (unpaired) electrons. The summed E-state index contributed by atoms with van der Waals surface area (Å²) in [5, 5.41) is 0. The van der Waals surface area contributed by atoms with Crippen molar-refractivity contribution in [3.8, 4) is 0 Å². The number of anilines is 1. The van der Waals surface area contributed by atoms with Gasteiger partial charge in [-0.05, 0) is 42.5 Å². The topological polar surface area (TPSA) is 23.6 Å². The lowest BCUT2D eigenvalue weighted by atomic mass is 10.1. The van der Waals surface area contributed by atoms with Crippen LogP contribution in [-0.4, -0.2) is 37.0 Å². The van der Waals surface area contributed by atoms with Crippen molar-refractivity contribution in [2.75, 3.05) is 31.1 Å². The molecule has 0 aromatic heterocycles. The van der Waals surface area contributed by atoms with Gasteiger partial charge >= 0.3 is 0 Å². The van der Waals surface area contributed by atoms with Gasteiger partial charge in [-0.3, -0.25) is 4.79 Å². The third-order valence-corrected chi connectivity index (χ3v) is 4.32. The van der Waals surface area contributed by atoms with Crippen LogP contribution in [0.3, 0.4) is 0 Å². The number of hydrogen-bond acceptors (Lipinski definition) is 2. The molecule has 1 heterocycles. The van der Waals surface area contributed by atoms with Crippen LogP contribution in [0.4, 0.5) is 10.1 Å². The van der Waals surface area contributed by atoms with Crippen LogP contribution >= 0.6 is 15.9 Å². The highest BCUT2D eigenvalue weighted by Gasteiger charge is 2.22.